The van der Waals surface area contributed by atoms with E-state index in [-0.39, 0.29) is 0 Å². The third kappa shape index (κ3) is 2.65. The van der Waals surface area contributed by atoms with Gasteiger partial charge in [-0.1, -0.05) is 30.3 Å². The van der Waals surface area contributed by atoms with Gasteiger partial charge < -0.3 is 14.5 Å². The molecule has 0 fully saturated rings. The van der Waals surface area contributed by atoms with Crippen molar-refractivity contribution >= 4 is 22.6 Å². The van der Waals surface area contributed by atoms with Crippen LogP contribution < -0.4 is 9.47 Å². The smallest absolute Gasteiger partial charge is 0.167 e. The average Bonchev–Trinajstić information content (AvgIpc) is 3.03. The number of allylic oxidation sites excluding steroid dienone is 1. The molecular weight excluding hydrogens is 288 g/mol. The molecule has 4 heteroatoms. The fourth-order valence-electron chi connectivity index (χ4n) is 2.65. The van der Waals surface area contributed by atoms with Gasteiger partial charge in [-0.05, 0) is 18.2 Å². The van der Waals surface area contributed by atoms with Crippen LogP contribution in [0.1, 0.15) is 11.1 Å². The Morgan fingerprint density at radius 2 is 1.91 bits per heavy atom. The molecule has 114 valence electrons. The van der Waals surface area contributed by atoms with E-state index in [0.29, 0.717) is 17.1 Å². The molecule has 4 nitrogen and oxygen atoms in total. The van der Waals surface area contributed by atoms with E-state index >= 15 is 0 Å². The number of methoxy groups -OCH3 is 2. The van der Waals surface area contributed by atoms with Crippen molar-refractivity contribution < 1.29 is 9.47 Å². The number of H-pyrrole nitrogens is 1. The quantitative estimate of drug-likeness (QED) is 0.733. The lowest BCUT2D eigenvalue weighted by molar-refractivity contribution is 0.354. The number of benzene rings is 2. The fraction of sp³-hybridized carbons (Fsp3) is 0.105. The molecule has 0 saturated carbocycles. The molecule has 0 atom stereocenters. The van der Waals surface area contributed by atoms with Crippen molar-refractivity contribution in [2.24, 2.45) is 0 Å². The van der Waals surface area contributed by atoms with Crippen molar-refractivity contribution in [1.82, 2.24) is 4.98 Å². The van der Waals surface area contributed by atoms with Gasteiger partial charge >= 0.3 is 0 Å². The normalized spacial score (nSPS) is 11.3. The van der Waals surface area contributed by atoms with Crippen molar-refractivity contribution in [2.45, 2.75) is 0 Å². The molecule has 0 amide bonds. The average molecular weight is 304 g/mol. The topological polar surface area (TPSA) is 58.0 Å². The van der Waals surface area contributed by atoms with Gasteiger partial charge in [0, 0.05) is 28.2 Å². The first-order valence-electron chi connectivity index (χ1n) is 7.17. The Hall–Kier alpha value is -3.19. The molecule has 0 spiro atoms. The minimum Gasteiger partial charge on any atom is -0.493 e. The number of fused-ring (bicyclic) bond motifs is 1. The van der Waals surface area contributed by atoms with Crippen LogP contribution in [0, 0.1) is 11.3 Å². The van der Waals surface area contributed by atoms with E-state index in [2.05, 4.69) is 11.1 Å². The number of nitrogens with zero attached hydrogens (tertiary/aromatic N) is 1. The van der Waals surface area contributed by atoms with Crippen molar-refractivity contribution in [3.8, 4) is 17.6 Å². The minimum absolute atomic E-state index is 0.564. The molecule has 1 heterocycles. The van der Waals surface area contributed by atoms with Gasteiger partial charge in [0.05, 0.1) is 25.9 Å². The van der Waals surface area contributed by atoms with E-state index < -0.39 is 0 Å². The molecule has 3 aromatic rings. The summed E-state index contributed by atoms with van der Waals surface area (Å²) in [5, 5.41) is 10.6. The third-order valence-corrected chi connectivity index (χ3v) is 3.73. The molecule has 0 aliphatic rings. The Kier molecular flexibility index (Phi) is 4.03. The van der Waals surface area contributed by atoms with Crippen LogP contribution in [0.15, 0.2) is 48.7 Å². The van der Waals surface area contributed by atoms with Crippen molar-refractivity contribution in [3.63, 3.8) is 0 Å². The molecule has 0 saturated heterocycles. The zero-order valence-corrected chi connectivity index (χ0v) is 13.0. The second-order valence-corrected chi connectivity index (χ2v) is 5.00. The maximum atomic E-state index is 9.60. The minimum atomic E-state index is 0.564. The van der Waals surface area contributed by atoms with E-state index in [9.17, 15) is 5.26 Å². The van der Waals surface area contributed by atoms with Crippen molar-refractivity contribution in [1.29, 1.82) is 5.26 Å². The van der Waals surface area contributed by atoms with E-state index in [4.69, 9.17) is 9.47 Å². The Morgan fingerprint density at radius 3 is 2.65 bits per heavy atom. The van der Waals surface area contributed by atoms with Crippen LogP contribution in [0.2, 0.25) is 0 Å². The summed E-state index contributed by atoms with van der Waals surface area (Å²) in [4.78, 5) is 3.19. The van der Waals surface area contributed by atoms with Gasteiger partial charge in [0.2, 0.25) is 0 Å². The summed E-state index contributed by atoms with van der Waals surface area (Å²) in [7, 11) is 3.18. The van der Waals surface area contributed by atoms with Gasteiger partial charge in [-0.3, -0.25) is 0 Å². The predicted octanol–water partition coefficient (Wildman–Crippen LogP) is 4.25. The third-order valence-electron chi connectivity index (χ3n) is 3.73. The molecule has 2 aromatic carbocycles. The number of para-hydroxylation sites is 2. The monoisotopic (exact) mass is 304 g/mol. The van der Waals surface area contributed by atoms with Crippen LogP contribution in [0.5, 0.6) is 11.5 Å². The first kappa shape index (κ1) is 14.7. The molecule has 3 rings (SSSR count). The zero-order valence-electron chi connectivity index (χ0n) is 13.0. The highest BCUT2D eigenvalue weighted by Gasteiger charge is 2.12. The Morgan fingerprint density at radius 1 is 1.09 bits per heavy atom. The van der Waals surface area contributed by atoms with Gasteiger partial charge in [0.25, 0.3) is 0 Å². The van der Waals surface area contributed by atoms with Crippen LogP contribution in [-0.4, -0.2) is 19.2 Å². The number of nitriles is 1. The highest BCUT2D eigenvalue weighted by Crippen LogP contribution is 2.34. The van der Waals surface area contributed by atoms with E-state index in [1.165, 1.54) is 0 Å². The van der Waals surface area contributed by atoms with Crippen LogP contribution in [0.3, 0.4) is 0 Å². The van der Waals surface area contributed by atoms with Crippen molar-refractivity contribution in [2.75, 3.05) is 14.2 Å². The highest BCUT2D eigenvalue weighted by atomic mass is 16.5. The molecule has 1 N–H and O–H groups in total. The summed E-state index contributed by atoms with van der Waals surface area (Å²) < 4.78 is 10.7. The Bertz CT molecular complexity index is 917. The Labute approximate surface area is 134 Å². The second-order valence-electron chi connectivity index (χ2n) is 5.00. The first-order chi connectivity index (χ1) is 11.3. The van der Waals surface area contributed by atoms with E-state index in [0.717, 1.165) is 22.0 Å². The van der Waals surface area contributed by atoms with Crippen LogP contribution in [0.25, 0.3) is 22.6 Å². The summed E-state index contributed by atoms with van der Waals surface area (Å²) in [6.07, 6.45) is 3.67. The molecule has 0 unspecified atom stereocenters. The lowest BCUT2D eigenvalue weighted by atomic mass is 10.0. The second kappa shape index (κ2) is 6.29. The predicted molar refractivity (Wildman–Crippen MR) is 91.3 cm³/mol. The molecule has 0 radical (unpaired) electrons. The number of hydrogen-bond acceptors (Lipinski definition) is 3. The van der Waals surface area contributed by atoms with E-state index in [1.54, 1.807) is 14.2 Å². The standard InChI is InChI=1S/C19H16N2O2/c1-22-18-9-5-6-13(19(18)23-2)10-14(11-20)16-12-21-17-8-4-3-7-15(16)17/h3-10,12,21H,1-2H3/b14-10+. The largest absolute Gasteiger partial charge is 0.493 e. The number of rotatable bonds is 4. The molecule has 0 bridgehead atoms. The molecular formula is C19H16N2O2. The Balaban J connectivity index is 2.16. The lowest BCUT2D eigenvalue weighted by Gasteiger charge is -2.10. The summed E-state index contributed by atoms with van der Waals surface area (Å²) in [5.74, 6) is 1.25. The zero-order chi connectivity index (χ0) is 16.2. The molecule has 0 aliphatic carbocycles. The SMILES string of the molecule is COc1cccc(/C=C(\C#N)c2c[nH]c3ccccc23)c1OC. The first-order valence-corrected chi connectivity index (χ1v) is 7.17. The molecule has 23 heavy (non-hydrogen) atoms. The fourth-order valence-corrected chi connectivity index (χ4v) is 2.65. The lowest BCUT2D eigenvalue weighted by Crippen LogP contribution is -1.93. The summed E-state index contributed by atoms with van der Waals surface area (Å²) >= 11 is 0. The number of aromatic amines is 1. The van der Waals surface area contributed by atoms with Gasteiger partial charge in [-0.2, -0.15) is 5.26 Å². The van der Waals surface area contributed by atoms with Gasteiger partial charge in [0.15, 0.2) is 11.5 Å². The van der Waals surface area contributed by atoms with Crippen LogP contribution in [-0.2, 0) is 0 Å². The number of aromatic nitrogens is 1. The van der Waals surface area contributed by atoms with Gasteiger partial charge in [0.1, 0.15) is 0 Å². The maximum Gasteiger partial charge on any atom is 0.167 e. The highest BCUT2D eigenvalue weighted by molar-refractivity contribution is 6.01. The van der Waals surface area contributed by atoms with E-state index in [1.807, 2.05) is 54.7 Å². The maximum absolute atomic E-state index is 9.60. The molecule has 0 aliphatic heterocycles. The number of nitrogens with one attached hydrogen (secondary N) is 1. The van der Waals surface area contributed by atoms with Gasteiger partial charge in [-0.15, -0.1) is 0 Å². The molecule has 1 aromatic heterocycles. The van der Waals surface area contributed by atoms with Crippen LogP contribution >= 0.6 is 0 Å². The van der Waals surface area contributed by atoms with Gasteiger partial charge in [-0.25, -0.2) is 0 Å². The number of hydrogen-bond donors (Lipinski definition) is 1. The summed E-state index contributed by atoms with van der Waals surface area (Å²) in [6, 6.07) is 15.8. The summed E-state index contributed by atoms with van der Waals surface area (Å²) in [5.41, 5.74) is 3.23. The van der Waals surface area contributed by atoms with Crippen molar-refractivity contribution in [3.05, 3.63) is 59.8 Å². The summed E-state index contributed by atoms with van der Waals surface area (Å²) in [6.45, 7) is 0. The van der Waals surface area contributed by atoms with Crippen LogP contribution in [0.4, 0.5) is 0 Å². The number of ether oxygens (including phenoxy) is 2.